The Labute approximate surface area is 161 Å². The summed E-state index contributed by atoms with van der Waals surface area (Å²) in [6.45, 7) is 6.24. The van der Waals surface area contributed by atoms with Gasteiger partial charge in [-0.05, 0) is 32.3 Å². The van der Waals surface area contributed by atoms with Crippen molar-refractivity contribution in [1.82, 2.24) is 25.4 Å². The van der Waals surface area contributed by atoms with Gasteiger partial charge in [0.1, 0.15) is 12.4 Å². The van der Waals surface area contributed by atoms with Crippen molar-refractivity contribution in [3.05, 3.63) is 47.5 Å². The zero-order valence-corrected chi connectivity index (χ0v) is 16.9. The van der Waals surface area contributed by atoms with Crippen LogP contribution in [-0.4, -0.2) is 33.8 Å². The molecule has 0 saturated heterocycles. The summed E-state index contributed by atoms with van der Waals surface area (Å²) in [6.07, 6.45) is 2.13. The molecule has 0 aliphatic heterocycles. The molecule has 24 heavy (non-hydrogen) atoms. The number of aliphatic imine (C=N–C) groups is 1. The topological polar surface area (TPSA) is 67.1 Å². The minimum atomic E-state index is 0. The maximum Gasteiger partial charge on any atom is 0.191 e. The second-order valence-corrected chi connectivity index (χ2v) is 5.43. The number of nitrogens with one attached hydrogen (secondary N) is 2. The van der Waals surface area contributed by atoms with Crippen molar-refractivity contribution in [2.24, 2.45) is 12.0 Å². The van der Waals surface area contributed by atoms with Gasteiger partial charge in [-0.2, -0.15) is 0 Å². The predicted octanol–water partition coefficient (Wildman–Crippen LogP) is 2.43. The molecular weight excluding hydrogens is 415 g/mol. The second-order valence-electron chi connectivity index (χ2n) is 5.43. The first kappa shape index (κ1) is 20.4. The molecule has 0 spiro atoms. The smallest absolute Gasteiger partial charge is 0.191 e. The van der Waals surface area contributed by atoms with E-state index in [1.54, 1.807) is 0 Å². The van der Waals surface area contributed by atoms with Gasteiger partial charge < -0.3 is 15.2 Å². The summed E-state index contributed by atoms with van der Waals surface area (Å²) in [5.41, 5.74) is 1.37. The highest BCUT2D eigenvalue weighted by molar-refractivity contribution is 14.0. The third kappa shape index (κ3) is 6.46. The molecular formula is C17H27IN6. The Morgan fingerprint density at radius 3 is 2.54 bits per heavy atom. The Morgan fingerprint density at radius 1 is 1.17 bits per heavy atom. The lowest BCUT2D eigenvalue weighted by Gasteiger charge is -2.11. The van der Waals surface area contributed by atoms with Crippen molar-refractivity contribution in [3.8, 4) is 0 Å². The number of aromatic nitrogens is 3. The molecule has 0 radical (unpaired) electrons. The summed E-state index contributed by atoms with van der Waals surface area (Å²) in [6, 6.07) is 10.5. The molecule has 6 nitrogen and oxygen atoms in total. The van der Waals surface area contributed by atoms with Crippen LogP contribution in [0.3, 0.4) is 0 Å². The predicted molar refractivity (Wildman–Crippen MR) is 109 cm³/mol. The van der Waals surface area contributed by atoms with Crippen molar-refractivity contribution >= 4 is 29.9 Å². The summed E-state index contributed by atoms with van der Waals surface area (Å²) in [4.78, 5) is 4.57. The second kappa shape index (κ2) is 11.0. The summed E-state index contributed by atoms with van der Waals surface area (Å²) in [7, 11) is 1.96. The molecule has 0 aliphatic carbocycles. The van der Waals surface area contributed by atoms with Gasteiger partial charge in [-0.15, -0.1) is 34.2 Å². The van der Waals surface area contributed by atoms with Gasteiger partial charge in [-0.25, -0.2) is 4.99 Å². The van der Waals surface area contributed by atoms with Crippen molar-refractivity contribution < 1.29 is 0 Å². The number of rotatable bonds is 7. The number of hydrogen-bond donors (Lipinski definition) is 2. The summed E-state index contributed by atoms with van der Waals surface area (Å²) in [5, 5.41) is 14.8. The number of hydrogen-bond acceptors (Lipinski definition) is 3. The Hall–Kier alpha value is -1.64. The number of benzene rings is 1. The van der Waals surface area contributed by atoms with E-state index in [-0.39, 0.29) is 24.0 Å². The van der Waals surface area contributed by atoms with Crippen molar-refractivity contribution in [2.45, 2.75) is 33.2 Å². The summed E-state index contributed by atoms with van der Waals surface area (Å²) in [5.74, 6) is 2.58. The number of guanidine groups is 1. The molecule has 0 aliphatic rings. The van der Waals surface area contributed by atoms with Gasteiger partial charge >= 0.3 is 0 Å². The van der Waals surface area contributed by atoms with E-state index in [0.29, 0.717) is 6.54 Å². The Bertz CT molecular complexity index is 623. The van der Waals surface area contributed by atoms with Gasteiger partial charge in [0.15, 0.2) is 11.8 Å². The standard InChI is InChI=1S/C17H26N6.HI/c1-4-18-17(20-13-16-22-21-14(2)23(16)3)19-12-8-11-15-9-6-5-7-10-15;/h5-7,9-10H,4,8,11-13H2,1-3H3,(H2,18,19,20);1H. The average molecular weight is 442 g/mol. The largest absolute Gasteiger partial charge is 0.357 e. The zero-order chi connectivity index (χ0) is 16.5. The van der Waals surface area contributed by atoms with E-state index in [2.05, 4.69) is 57.0 Å². The normalized spacial score (nSPS) is 11.0. The molecule has 1 aromatic carbocycles. The maximum atomic E-state index is 4.57. The lowest BCUT2D eigenvalue weighted by Crippen LogP contribution is -2.38. The van der Waals surface area contributed by atoms with E-state index in [4.69, 9.17) is 0 Å². The van der Waals surface area contributed by atoms with Crippen LogP contribution in [0.2, 0.25) is 0 Å². The van der Waals surface area contributed by atoms with Crippen LogP contribution in [-0.2, 0) is 20.0 Å². The fourth-order valence-electron chi connectivity index (χ4n) is 2.22. The van der Waals surface area contributed by atoms with E-state index in [1.165, 1.54) is 5.56 Å². The first-order valence-corrected chi connectivity index (χ1v) is 8.11. The monoisotopic (exact) mass is 442 g/mol. The Balaban J connectivity index is 0.00000288. The first-order valence-electron chi connectivity index (χ1n) is 8.11. The molecule has 2 N–H and O–H groups in total. The number of nitrogens with zero attached hydrogens (tertiary/aromatic N) is 4. The fourth-order valence-corrected chi connectivity index (χ4v) is 2.22. The molecule has 0 saturated carbocycles. The quantitative estimate of drug-likeness (QED) is 0.299. The lowest BCUT2D eigenvalue weighted by molar-refractivity contribution is 0.730. The van der Waals surface area contributed by atoms with E-state index in [9.17, 15) is 0 Å². The van der Waals surface area contributed by atoms with Crippen molar-refractivity contribution in [2.75, 3.05) is 13.1 Å². The zero-order valence-electron chi connectivity index (χ0n) is 14.6. The Morgan fingerprint density at radius 2 is 1.92 bits per heavy atom. The van der Waals surface area contributed by atoms with Crippen LogP contribution in [0.25, 0.3) is 0 Å². The fraction of sp³-hybridized carbons (Fsp3) is 0.471. The summed E-state index contributed by atoms with van der Waals surface area (Å²) >= 11 is 0. The van der Waals surface area contributed by atoms with Crippen LogP contribution < -0.4 is 10.6 Å². The number of halogens is 1. The molecule has 0 fully saturated rings. The molecule has 132 valence electrons. The van der Waals surface area contributed by atoms with Gasteiger partial charge in [-0.3, -0.25) is 0 Å². The van der Waals surface area contributed by atoms with Crippen LogP contribution in [0.15, 0.2) is 35.3 Å². The highest BCUT2D eigenvalue weighted by Gasteiger charge is 2.04. The highest BCUT2D eigenvalue weighted by Crippen LogP contribution is 2.02. The third-order valence-corrected chi connectivity index (χ3v) is 3.68. The van der Waals surface area contributed by atoms with Crippen molar-refractivity contribution in [1.29, 1.82) is 0 Å². The SMILES string of the molecule is CCNC(=NCc1nnc(C)n1C)NCCCc1ccccc1.I. The maximum absolute atomic E-state index is 4.57. The molecule has 2 rings (SSSR count). The molecule has 7 heteroatoms. The van der Waals surface area contributed by atoms with Gasteiger partial charge in [0.25, 0.3) is 0 Å². The molecule has 0 atom stereocenters. The van der Waals surface area contributed by atoms with Crippen molar-refractivity contribution in [3.63, 3.8) is 0 Å². The molecule has 0 bridgehead atoms. The number of aryl methyl sites for hydroxylation is 2. The molecule has 0 amide bonds. The highest BCUT2D eigenvalue weighted by atomic mass is 127. The van der Waals surface area contributed by atoms with Gasteiger partial charge in [0, 0.05) is 20.1 Å². The first-order chi connectivity index (χ1) is 11.2. The molecule has 0 unspecified atom stereocenters. The molecule has 1 heterocycles. The molecule has 1 aromatic heterocycles. The Kier molecular flexibility index (Phi) is 9.36. The van der Waals surface area contributed by atoms with E-state index in [1.807, 2.05) is 24.6 Å². The lowest BCUT2D eigenvalue weighted by atomic mass is 10.1. The third-order valence-electron chi connectivity index (χ3n) is 3.68. The van der Waals surface area contributed by atoms with E-state index < -0.39 is 0 Å². The average Bonchev–Trinajstić information content (AvgIpc) is 2.89. The van der Waals surface area contributed by atoms with Crippen LogP contribution in [0.1, 0.15) is 30.6 Å². The molecule has 2 aromatic rings. The van der Waals surface area contributed by atoms with E-state index >= 15 is 0 Å². The van der Waals surface area contributed by atoms with Gasteiger partial charge in [-0.1, -0.05) is 30.3 Å². The van der Waals surface area contributed by atoms with Gasteiger partial charge in [0.2, 0.25) is 0 Å². The minimum Gasteiger partial charge on any atom is -0.357 e. The van der Waals surface area contributed by atoms with E-state index in [0.717, 1.165) is 43.5 Å². The van der Waals surface area contributed by atoms with Crippen LogP contribution in [0, 0.1) is 6.92 Å². The minimum absolute atomic E-state index is 0. The van der Waals surface area contributed by atoms with Crippen LogP contribution >= 0.6 is 24.0 Å². The summed E-state index contributed by atoms with van der Waals surface area (Å²) < 4.78 is 1.96. The van der Waals surface area contributed by atoms with Crippen LogP contribution in [0.4, 0.5) is 0 Å². The van der Waals surface area contributed by atoms with Gasteiger partial charge in [0.05, 0.1) is 0 Å². The van der Waals surface area contributed by atoms with Crippen LogP contribution in [0.5, 0.6) is 0 Å².